The van der Waals surface area contributed by atoms with Crippen LogP contribution in [0.4, 0.5) is 17.1 Å². The highest BCUT2D eigenvalue weighted by atomic mass is 16.1. The second kappa shape index (κ2) is 6.74. The lowest BCUT2D eigenvalue weighted by Gasteiger charge is -2.40. The fourth-order valence-corrected chi connectivity index (χ4v) is 5.20. The van der Waals surface area contributed by atoms with Crippen molar-refractivity contribution in [3.05, 3.63) is 125 Å². The summed E-state index contributed by atoms with van der Waals surface area (Å²) in [5.41, 5.74) is -1.99. The Morgan fingerprint density at radius 2 is 1.29 bits per heavy atom. The third-order valence-electron chi connectivity index (χ3n) is 6.51. The number of benzene rings is 5. The van der Waals surface area contributed by atoms with Crippen molar-refractivity contribution in [1.29, 1.82) is 0 Å². The SMILES string of the molecule is [2H]c1cc2c(cc1[2H])N(c1c([2H])c([2H])c([2H])c([2H])c1[2H])c1c([2H])c([2H])c3c4c([2H])c([2H])c([2H])c([2H])c4c(=O)n4c3c1B2c1cc([2H])c([2H])c([2H])c1-4. The molecular formula is C31H19BN2O. The molecule has 0 atom stereocenters. The summed E-state index contributed by atoms with van der Waals surface area (Å²) in [6.07, 6.45) is 0. The molecule has 0 spiro atoms. The first-order valence-corrected chi connectivity index (χ1v) is 10.6. The van der Waals surface area contributed by atoms with Crippen LogP contribution in [0.3, 0.4) is 0 Å². The minimum Gasteiger partial charge on any atom is -0.311 e. The van der Waals surface area contributed by atoms with E-state index in [0.29, 0.717) is 0 Å². The lowest BCUT2D eigenvalue weighted by molar-refractivity contribution is 1.07. The molecule has 6 aromatic rings. The van der Waals surface area contributed by atoms with Gasteiger partial charge in [-0.15, -0.1) is 0 Å². The van der Waals surface area contributed by atoms with Crippen LogP contribution in [0.5, 0.6) is 0 Å². The second-order valence-electron chi connectivity index (χ2n) is 8.13. The minimum atomic E-state index is -1.19. The number of fused-ring (bicyclic) bond motifs is 7. The van der Waals surface area contributed by atoms with E-state index in [-0.39, 0.29) is 61.8 Å². The summed E-state index contributed by atoms with van der Waals surface area (Å²) in [6, 6.07) is -6.24. The van der Waals surface area contributed by atoms with Gasteiger partial charge in [0.2, 0.25) is 0 Å². The van der Waals surface area contributed by atoms with Crippen molar-refractivity contribution in [3.8, 4) is 5.69 Å². The van der Waals surface area contributed by atoms with Gasteiger partial charge in [0.05, 0.1) is 27.4 Å². The molecule has 2 aliphatic heterocycles. The summed E-state index contributed by atoms with van der Waals surface area (Å²) in [4.78, 5) is 15.8. The fourth-order valence-electron chi connectivity index (χ4n) is 5.20. The molecule has 0 amide bonds. The Kier molecular flexibility index (Phi) is 1.78. The number of rotatable bonds is 1. The average molecular weight is 462 g/mol. The Labute approximate surface area is 225 Å². The summed E-state index contributed by atoms with van der Waals surface area (Å²) in [7, 11) is 0. The normalized spacial score (nSPS) is 19.5. The van der Waals surface area contributed by atoms with Crippen molar-refractivity contribution in [1.82, 2.24) is 4.57 Å². The third kappa shape index (κ3) is 2.33. The number of para-hydroxylation sites is 3. The third-order valence-corrected chi connectivity index (χ3v) is 6.51. The van der Waals surface area contributed by atoms with Gasteiger partial charge in [-0.05, 0) is 58.1 Å². The standard InChI is InChI=1S/C31H19BN2O/c35-31-23-13-5-4-12-21(23)22-18-19-28-29-30(22)34(31)27-17-9-7-15-25(27)32(29)24-14-6-8-16-26(24)33(28)20-10-2-1-3-11-20/h1-19H/i1D,2D,3D,4D,5D,6D,7D,8D,9D,10D,11D,12D,13D,17D,18D,19D. The highest BCUT2D eigenvalue weighted by Gasteiger charge is 2.41. The summed E-state index contributed by atoms with van der Waals surface area (Å²) >= 11 is 0. The molecule has 0 bridgehead atoms. The average Bonchev–Trinajstić information content (AvgIpc) is 3.09. The van der Waals surface area contributed by atoms with E-state index in [4.69, 9.17) is 19.2 Å². The van der Waals surface area contributed by atoms with Gasteiger partial charge in [0.1, 0.15) is 0 Å². The largest absolute Gasteiger partial charge is 0.311 e. The maximum atomic E-state index is 14.7. The highest BCUT2D eigenvalue weighted by Crippen LogP contribution is 2.39. The van der Waals surface area contributed by atoms with E-state index in [9.17, 15) is 7.54 Å². The number of hydrogen-bond acceptors (Lipinski definition) is 2. The minimum absolute atomic E-state index is 0.00196. The van der Waals surface area contributed by atoms with Crippen LogP contribution in [0.15, 0.2) is 120 Å². The van der Waals surface area contributed by atoms with Crippen LogP contribution in [0.1, 0.15) is 21.9 Å². The lowest BCUT2D eigenvalue weighted by Crippen LogP contribution is -2.61. The van der Waals surface area contributed by atoms with Crippen molar-refractivity contribution >= 4 is 61.8 Å². The van der Waals surface area contributed by atoms with Gasteiger partial charge in [0, 0.05) is 33.5 Å². The molecule has 35 heavy (non-hydrogen) atoms. The Morgan fingerprint density at radius 1 is 0.600 bits per heavy atom. The van der Waals surface area contributed by atoms with Crippen molar-refractivity contribution in [2.75, 3.05) is 4.90 Å². The molecule has 3 heterocycles. The van der Waals surface area contributed by atoms with E-state index in [1.807, 2.05) is 0 Å². The van der Waals surface area contributed by atoms with E-state index in [1.165, 1.54) is 18.2 Å². The number of nitrogens with zero attached hydrogens (tertiary/aromatic N) is 2. The molecule has 4 heteroatoms. The van der Waals surface area contributed by atoms with Crippen LogP contribution in [0.2, 0.25) is 0 Å². The van der Waals surface area contributed by atoms with Crippen LogP contribution in [-0.2, 0) is 0 Å². The predicted octanol–water partition coefficient (Wildman–Crippen LogP) is 4.76. The first-order chi connectivity index (χ1) is 23.9. The molecule has 8 rings (SSSR count). The van der Waals surface area contributed by atoms with Crippen molar-refractivity contribution in [3.63, 3.8) is 0 Å². The molecule has 0 N–H and O–H groups in total. The molecule has 1 aromatic heterocycles. The number of pyridine rings is 1. The van der Waals surface area contributed by atoms with Crippen molar-refractivity contribution in [2.45, 2.75) is 0 Å². The number of hydrogen-bond donors (Lipinski definition) is 0. The quantitative estimate of drug-likeness (QED) is 0.260. The molecule has 0 fully saturated rings. The van der Waals surface area contributed by atoms with Gasteiger partial charge in [-0.25, -0.2) is 0 Å². The monoisotopic (exact) mass is 462 g/mol. The molecule has 0 saturated carbocycles. The molecule has 0 aliphatic carbocycles. The first-order valence-electron chi connectivity index (χ1n) is 18.6. The predicted molar refractivity (Wildman–Crippen MR) is 146 cm³/mol. The zero-order valence-electron chi connectivity index (χ0n) is 33.6. The van der Waals surface area contributed by atoms with Crippen LogP contribution < -0.4 is 26.8 Å². The summed E-state index contributed by atoms with van der Waals surface area (Å²) < 4.78 is 140. The topological polar surface area (TPSA) is 25.2 Å². The molecule has 0 saturated heterocycles. The Morgan fingerprint density at radius 3 is 2.14 bits per heavy atom. The number of anilines is 3. The Balaban J connectivity index is 1.75. The molecule has 5 aromatic carbocycles. The maximum Gasteiger partial charge on any atom is 0.263 e. The summed E-state index contributed by atoms with van der Waals surface area (Å²) in [5, 5.41) is -1.19. The van der Waals surface area contributed by atoms with Gasteiger partial charge in [-0.1, -0.05) is 78.6 Å². The van der Waals surface area contributed by atoms with Crippen LogP contribution in [0.25, 0.3) is 27.4 Å². The lowest BCUT2D eigenvalue weighted by atomic mass is 9.33. The Bertz CT molecular complexity index is 2740. The zero-order valence-corrected chi connectivity index (χ0v) is 17.6. The molecule has 2 aliphatic rings. The van der Waals surface area contributed by atoms with E-state index in [2.05, 4.69) is 0 Å². The maximum absolute atomic E-state index is 14.7. The highest BCUT2D eigenvalue weighted by molar-refractivity contribution is 7.00. The van der Waals surface area contributed by atoms with Crippen molar-refractivity contribution < 1.29 is 21.9 Å². The van der Waals surface area contributed by atoms with Gasteiger partial charge in [-0.3, -0.25) is 9.36 Å². The van der Waals surface area contributed by atoms with E-state index in [1.54, 1.807) is 0 Å². The molecule has 0 unspecified atom stereocenters. The smallest absolute Gasteiger partial charge is 0.263 e. The van der Waals surface area contributed by atoms with E-state index >= 15 is 0 Å². The Hall–Kier alpha value is -4.57. The van der Waals surface area contributed by atoms with Gasteiger partial charge in [0.25, 0.3) is 12.3 Å². The van der Waals surface area contributed by atoms with Crippen molar-refractivity contribution in [2.24, 2.45) is 0 Å². The first kappa shape index (κ1) is 9.24. The van der Waals surface area contributed by atoms with Gasteiger partial charge < -0.3 is 4.90 Å². The number of aromatic nitrogens is 1. The summed E-state index contributed by atoms with van der Waals surface area (Å²) in [6.45, 7) is -1.19. The molecule has 3 nitrogen and oxygen atoms in total. The van der Waals surface area contributed by atoms with Gasteiger partial charge in [-0.2, -0.15) is 0 Å². The van der Waals surface area contributed by atoms with Crippen LogP contribution in [0, 0.1) is 0 Å². The van der Waals surface area contributed by atoms with Gasteiger partial charge >= 0.3 is 0 Å². The molecular weight excluding hydrogens is 427 g/mol. The fraction of sp³-hybridized carbons (Fsp3) is 0. The van der Waals surface area contributed by atoms with Gasteiger partial charge in [0.15, 0.2) is 0 Å². The molecule has 162 valence electrons. The van der Waals surface area contributed by atoms with E-state index in [0.717, 1.165) is 9.47 Å². The second-order valence-corrected chi connectivity index (χ2v) is 8.13. The zero-order chi connectivity index (χ0) is 37.0. The summed E-state index contributed by atoms with van der Waals surface area (Å²) in [5.74, 6) is 0. The van der Waals surface area contributed by atoms with Crippen LogP contribution in [-0.4, -0.2) is 11.3 Å². The molecule has 0 radical (unpaired) electrons. The van der Waals surface area contributed by atoms with E-state index < -0.39 is 108 Å². The van der Waals surface area contributed by atoms with Crippen LogP contribution >= 0.6 is 0 Å².